The Hall–Kier alpha value is 0.0700. The van der Waals surface area contributed by atoms with E-state index < -0.39 is 0 Å². The average molecular weight is 396 g/mol. The summed E-state index contributed by atoms with van der Waals surface area (Å²) in [6.07, 6.45) is 8.42. The molecular weight excluding hydrogens is 365 g/mol. The second-order valence-corrected chi connectivity index (χ2v) is 8.04. The van der Waals surface area contributed by atoms with Gasteiger partial charge in [0.1, 0.15) is 0 Å². The SMILES string of the molecule is NPNC(=O)CCN(CCC(=O)NPN)PNC1CCCCCC1. The Balaban J connectivity index is 2.39. The zero-order chi connectivity index (χ0) is 17.6. The van der Waals surface area contributed by atoms with E-state index >= 15 is 0 Å². The van der Waals surface area contributed by atoms with Gasteiger partial charge in [-0.3, -0.25) is 30.4 Å². The van der Waals surface area contributed by atoms with Crippen molar-refractivity contribution in [3.63, 3.8) is 0 Å². The van der Waals surface area contributed by atoms with Gasteiger partial charge in [-0.05, 0) is 12.8 Å². The van der Waals surface area contributed by atoms with E-state index in [1.807, 2.05) is 0 Å². The van der Waals surface area contributed by atoms with Gasteiger partial charge in [0.2, 0.25) is 11.8 Å². The van der Waals surface area contributed by atoms with Gasteiger partial charge in [0.05, 0.1) is 0 Å². The van der Waals surface area contributed by atoms with Crippen LogP contribution >= 0.6 is 26.6 Å². The molecule has 1 saturated carbocycles. The van der Waals surface area contributed by atoms with Crippen LogP contribution < -0.4 is 26.3 Å². The van der Waals surface area contributed by atoms with E-state index in [-0.39, 0.29) is 29.6 Å². The van der Waals surface area contributed by atoms with Crippen molar-refractivity contribution in [2.75, 3.05) is 13.1 Å². The molecule has 8 nitrogen and oxygen atoms in total. The number of amides is 2. The fourth-order valence-corrected chi connectivity index (χ4v) is 4.26. The lowest BCUT2D eigenvalue weighted by Crippen LogP contribution is -2.31. The van der Waals surface area contributed by atoms with E-state index in [0.29, 0.717) is 40.9 Å². The van der Waals surface area contributed by atoms with Crippen molar-refractivity contribution >= 4 is 38.5 Å². The number of hydrogen-bond donors (Lipinski definition) is 5. The summed E-state index contributed by atoms with van der Waals surface area (Å²) in [4.78, 5) is 23.2. The Bertz CT molecular complexity index is 348. The molecule has 1 rings (SSSR count). The van der Waals surface area contributed by atoms with Gasteiger partial charge >= 0.3 is 0 Å². The Morgan fingerprint density at radius 3 is 1.88 bits per heavy atom. The maximum Gasteiger partial charge on any atom is 0.225 e. The summed E-state index contributed by atoms with van der Waals surface area (Å²) in [6.45, 7) is 1.24. The van der Waals surface area contributed by atoms with E-state index in [2.05, 4.69) is 19.9 Å². The third kappa shape index (κ3) is 10.8. The third-order valence-electron chi connectivity index (χ3n) is 3.92. The molecule has 1 fully saturated rings. The Kier molecular flexibility index (Phi) is 13.1. The van der Waals surface area contributed by atoms with Crippen molar-refractivity contribution in [2.45, 2.75) is 57.4 Å². The van der Waals surface area contributed by atoms with Gasteiger partial charge in [-0.25, -0.2) is 0 Å². The molecule has 11 heteroatoms. The first-order chi connectivity index (χ1) is 11.7. The first-order valence-electron chi connectivity index (χ1n) is 8.40. The number of nitrogens with zero attached hydrogens (tertiary/aromatic N) is 1. The summed E-state index contributed by atoms with van der Waals surface area (Å²) < 4.78 is 2.14. The van der Waals surface area contributed by atoms with Crippen molar-refractivity contribution in [1.29, 1.82) is 0 Å². The molecule has 2 amide bonds. The van der Waals surface area contributed by atoms with Crippen LogP contribution in [0.2, 0.25) is 0 Å². The average Bonchev–Trinajstić information content (AvgIpc) is 2.83. The van der Waals surface area contributed by atoms with Crippen LogP contribution in [0.3, 0.4) is 0 Å². The highest BCUT2D eigenvalue weighted by Gasteiger charge is 2.15. The summed E-state index contributed by atoms with van der Waals surface area (Å²) in [5.41, 5.74) is 10.7. The lowest BCUT2D eigenvalue weighted by molar-refractivity contribution is -0.119. The lowest BCUT2D eigenvalue weighted by atomic mass is 10.1. The van der Waals surface area contributed by atoms with Gasteiger partial charge < -0.3 is 10.2 Å². The molecule has 0 saturated heterocycles. The van der Waals surface area contributed by atoms with E-state index in [1.54, 1.807) is 0 Å². The molecule has 0 aromatic rings. The van der Waals surface area contributed by atoms with Crippen LogP contribution in [0, 0.1) is 0 Å². The summed E-state index contributed by atoms with van der Waals surface area (Å²) in [5, 5.41) is 8.87. The van der Waals surface area contributed by atoms with Crippen molar-refractivity contribution in [3.8, 4) is 0 Å². The summed E-state index contributed by atoms with van der Waals surface area (Å²) in [6, 6.07) is 0.548. The molecule has 0 spiro atoms. The zero-order valence-corrected chi connectivity index (χ0v) is 17.1. The van der Waals surface area contributed by atoms with Gasteiger partial charge in [-0.15, -0.1) is 0 Å². The van der Waals surface area contributed by atoms with Gasteiger partial charge in [0, 0.05) is 58.6 Å². The molecule has 3 atom stereocenters. The van der Waals surface area contributed by atoms with Crippen molar-refractivity contribution in [1.82, 2.24) is 19.9 Å². The number of nitrogens with one attached hydrogen (secondary N) is 3. The molecule has 0 radical (unpaired) electrons. The fourth-order valence-electron chi connectivity index (χ4n) is 2.59. The maximum atomic E-state index is 11.6. The molecular formula is C13H31N6O2P3. The van der Waals surface area contributed by atoms with Crippen LogP contribution in [0.1, 0.15) is 51.4 Å². The second kappa shape index (κ2) is 14.3. The molecule has 0 aromatic carbocycles. The molecule has 1 aliphatic rings. The summed E-state index contributed by atoms with van der Waals surface area (Å²) >= 11 is 0. The predicted molar refractivity (Wildman–Crippen MR) is 105 cm³/mol. The van der Waals surface area contributed by atoms with Crippen LogP contribution in [0.4, 0.5) is 0 Å². The Labute approximate surface area is 150 Å². The molecule has 3 unspecified atom stereocenters. The summed E-state index contributed by atoms with van der Waals surface area (Å²) in [5.74, 6) is -0.0963. The Morgan fingerprint density at radius 2 is 1.42 bits per heavy atom. The highest BCUT2D eigenvalue weighted by atomic mass is 31.1. The Morgan fingerprint density at radius 1 is 0.917 bits per heavy atom. The van der Waals surface area contributed by atoms with Crippen LogP contribution in [0.25, 0.3) is 0 Å². The van der Waals surface area contributed by atoms with Crippen LogP contribution in [-0.4, -0.2) is 35.6 Å². The number of hydrogen-bond acceptors (Lipinski definition) is 6. The molecule has 24 heavy (non-hydrogen) atoms. The van der Waals surface area contributed by atoms with Crippen molar-refractivity contribution in [2.24, 2.45) is 11.0 Å². The monoisotopic (exact) mass is 396 g/mol. The normalized spacial score (nSPS) is 17.5. The lowest BCUT2D eigenvalue weighted by Gasteiger charge is -2.25. The van der Waals surface area contributed by atoms with Crippen LogP contribution in [0.15, 0.2) is 0 Å². The molecule has 0 bridgehead atoms. The first-order valence-corrected chi connectivity index (χ1v) is 11.5. The first kappa shape index (κ1) is 22.1. The number of carbonyl (C=O) groups excluding carboxylic acids is 2. The minimum Gasteiger partial charge on any atom is -0.325 e. The number of nitrogens with two attached hydrogens (primary N) is 2. The zero-order valence-electron chi connectivity index (χ0n) is 14.1. The topological polar surface area (TPSA) is 126 Å². The maximum absolute atomic E-state index is 11.6. The molecule has 0 aromatic heterocycles. The minimum absolute atomic E-state index is 0.0482. The fraction of sp³-hybridized carbons (Fsp3) is 0.846. The van der Waals surface area contributed by atoms with E-state index in [0.717, 1.165) is 0 Å². The minimum atomic E-state index is -0.0667. The highest BCUT2D eigenvalue weighted by Crippen LogP contribution is 2.23. The molecule has 0 heterocycles. The number of carbonyl (C=O) groups is 2. The molecule has 0 aliphatic heterocycles. The van der Waals surface area contributed by atoms with Gasteiger partial charge in [0.25, 0.3) is 0 Å². The predicted octanol–water partition coefficient (Wildman–Crippen LogP) is 1.06. The van der Waals surface area contributed by atoms with Gasteiger partial charge in [-0.2, -0.15) is 0 Å². The number of rotatable bonds is 11. The molecule has 1 aliphatic carbocycles. The standard InChI is InChI=1S/C13H31N6O2P3/c14-22-17-12(20)7-9-19(10-8-13(21)18-23-15)24-16-11-5-3-1-2-4-6-11/h11,16,22-24H,1-10,14-15H2,(H,17,20)(H,18,21). The smallest absolute Gasteiger partial charge is 0.225 e. The van der Waals surface area contributed by atoms with Gasteiger partial charge in [0.15, 0.2) is 0 Å². The largest absolute Gasteiger partial charge is 0.325 e. The van der Waals surface area contributed by atoms with E-state index in [9.17, 15) is 9.59 Å². The molecule has 7 N–H and O–H groups in total. The van der Waals surface area contributed by atoms with Crippen LogP contribution in [0.5, 0.6) is 0 Å². The van der Waals surface area contributed by atoms with Gasteiger partial charge in [-0.1, -0.05) is 25.7 Å². The molecule has 140 valence electrons. The summed E-state index contributed by atoms with van der Waals surface area (Å²) in [7, 11) is 0.286. The van der Waals surface area contributed by atoms with Crippen LogP contribution in [-0.2, 0) is 9.59 Å². The van der Waals surface area contributed by atoms with Crippen molar-refractivity contribution in [3.05, 3.63) is 0 Å². The second-order valence-electron chi connectivity index (χ2n) is 5.82. The highest BCUT2D eigenvalue weighted by molar-refractivity contribution is 7.34. The van der Waals surface area contributed by atoms with Crippen molar-refractivity contribution < 1.29 is 9.59 Å². The van der Waals surface area contributed by atoms with E-state index in [1.165, 1.54) is 38.5 Å². The quantitative estimate of drug-likeness (QED) is 0.263. The van der Waals surface area contributed by atoms with E-state index in [4.69, 9.17) is 11.0 Å². The third-order valence-corrected chi connectivity index (χ3v) is 6.07.